The second-order valence-corrected chi connectivity index (χ2v) is 9.10. The average molecular weight is 464 g/mol. The first kappa shape index (κ1) is 22.9. The van der Waals surface area contributed by atoms with Crippen molar-refractivity contribution in [2.45, 2.75) is 25.6 Å². The zero-order chi connectivity index (χ0) is 23.0. The molecule has 1 saturated heterocycles. The van der Waals surface area contributed by atoms with Crippen LogP contribution in [0.5, 0.6) is 0 Å². The van der Waals surface area contributed by atoms with Crippen LogP contribution in [-0.4, -0.2) is 53.9 Å². The summed E-state index contributed by atoms with van der Waals surface area (Å²) in [5.74, 6) is -1.25. The van der Waals surface area contributed by atoms with Gasteiger partial charge in [-0.1, -0.05) is 30.3 Å². The zero-order valence-corrected chi connectivity index (χ0v) is 19.5. The Morgan fingerprint density at radius 3 is 2.45 bits per heavy atom. The molecule has 0 saturated carbocycles. The van der Waals surface area contributed by atoms with E-state index >= 15 is 0 Å². The van der Waals surface area contributed by atoms with Crippen LogP contribution in [0.4, 0.5) is 5.69 Å². The van der Waals surface area contributed by atoms with Crippen LogP contribution in [0, 0.1) is 0 Å². The fourth-order valence-corrected chi connectivity index (χ4v) is 5.18. The number of nitrogens with one attached hydrogen (secondary N) is 2. The second-order valence-electron chi connectivity index (χ2n) is 8.12. The highest BCUT2D eigenvalue weighted by Crippen LogP contribution is 2.30. The molecule has 4 rings (SSSR count). The molecule has 1 aromatic carbocycles. The summed E-state index contributed by atoms with van der Waals surface area (Å²) in [6.07, 6.45) is 3.34. The first-order valence-electron chi connectivity index (χ1n) is 11.2. The molecule has 0 aliphatic carbocycles. The summed E-state index contributed by atoms with van der Waals surface area (Å²) in [5, 5.41) is 7.66. The van der Waals surface area contributed by atoms with Crippen molar-refractivity contribution in [2.24, 2.45) is 0 Å². The van der Waals surface area contributed by atoms with E-state index in [1.165, 1.54) is 10.6 Å². The van der Waals surface area contributed by atoms with Crippen molar-refractivity contribution < 1.29 is 9.59 Å². The predicted octanol–water partition coefficient (Wildman–Crippen LogP) is 2.83. The van der Waals surface area contributed by atoms with Gasteiger partial charge in [-0.15, -0.1) is 11.3 Å². The molecule has 0 unspecified atom stereocenters. The van der Waals surface area contributed by atoms with E-state index in [4.69, 9.17) is 0 Å². The smallest absolute Gasteiger partial charge is 0.309 e. The van der Waals surface area contributed by atoms with Gasteiger partial charge < -0.3 is 15.5 Å². The summed E-state index contributed by atoms with van der Waals surface area (Å²) in [4.78, 5) is 35.0. The molecular weight excluding hydrogens is 434 g/mol. The van der Waals surface area contributed by atoms with Crippen molar-refractivity contribution in [1.82, 2.24) is 20.5 Å². The van der Waals surface area contributed by atoms with E-state index in [-0.39, 0.29) is 18.6 Å². The maximum Gasteiger partial charge on any atom is 0.309 e. The van der Waals surface area contributed by atoms with Gasteiger partial charge in [-0.3, -0.25) is 19.5 Å². The summed E-state index contributed by atoms with van der Waals surface area (Å²) >= 11 is 1.68. The van der Waals surface area contributed by atoms with Crippen molar-refractivity contribution in [3.8, 4) is 0 Å². The largest absolute Gasteiger partial charge is 0.369 e. The number of anilines is 1. The van der Waals surface area contributed by atoms with Crippen molar-refractivity contribution in [2.75, 3.05) is 31.1 Å². The lowest BCUT2D eigenvalue weighted by Crippen LogP contribution is -2.53. The number of benzene rings is 1. The third-order valence-electron chi connectivity index (χ3n) is 5.88. The molecule has 2 aromatic heterocycles. The monoisotopic (exact) mass is 463 g/mol. The van der Waals surface area contributed by atoms with Crippen molar-refractivity contribution in [3.05, 3.63) is 82.8 Å². The highest BCUT2D eigenvalue weighted by Gasteiger charge is 2.31. The van der Waals surface area contributed by atoms with E-state index < -0.39 is 11.8 Å². The molecule has 3 heterocycles. The van der Waals surface area contributed by atoms with E-state index in [0.717, 1.165) is 31.7 Å². The SMILES string of the molecule is C[C@H](NC(=O)C(=O)NCc1cccnc1)[C@@H](c1cccs1)N1CCN(c2ccccc2)CC1. The predicted molar refractivity (Wildman–Crippen MR) is 131 cm³/mol. The lowest BCUT2D eigenvalue weighted by molar-refractivity contribution is -0.140. The van der Waals surface area contributed by atoms with E-state index in [9.17, 15) is 9.59 Å². The van der Waals surface area contributed by atoms with Crippen LogP contribution >= 0.6 is 11.3 Å². The average Bonchev–Trinajstić information content (AvgIpc) is 3.38. The highest BCUT2D eigenvalue weighted by atomic mass is 32.1. The van der Waals surface area contributed by atoms with Crippen LogP contribution in [0.2, 0.25) is 0 Å². The van der Waals surface area contributed by atoms with Crippen molar-refractivity contribution in [1.29, 1.82) is 0 Å². The van der Waals surface area contributed by atoms with Gasteiger partial charge >= 0.3 is 11.8 Å². The maximum absolute atomic E-state index is 12.6. The Morgan fingerprint density at radius 2 is 1.79 bits per heavy atom. The van der Waals surface area contributed by atoms with Gasteiger partial charge in [-0.25, -0.2) is 0 Å². The lowest BCUT2D eigenvalue weighted by atomic mass is 10.0. The topological polar surface area (TPSA) is 77.6 Å². The van der Waals surface area contributed by atoms with E-state index in [2.05, 4.69) is 61.1 Å². The molecule has 2 amide bonds. The van der Waals surface area contributed by atoms with Crippen molar-refractivity contribution >= 4 is 28.8 Å². The van der Waals surface area contributed by atoms with Gasteiger partial charge in [0.15, 0.2) is 0 Å². The molecule has 1 aliphatic rings. The number of piperazine rings is 1. The minimum atomic E-state index is -0.635. The fraction of sp³-hybridized carbons (Fsp3) is 0.320. The Balaban J connectivity index is 1.37. The number of carbonyl (C=O) groups excluding carboxylic acids is 2. The number of hydrogen-bond donors (Lipinski definition) is 2. The van der Waals surface area contributed by atoms with Gasteiger partial charge in [0.1, 0.15) is 0 Å². The van der Waals surface area contributed by atoms with E-state index in [1.807, 2.05) is 25.1 Å². The Bertz CT molecular complexity index is 1020. The Hall–Kier alpha value is -3.23. The molecule has 0 radical (unpaired) electrons. The maximum atomic E-state index is 12.6. The van der Waals surface area contributed by atoms with E-state index in [1.54, 1.807) is 29.8 Å². The molecule has 0 spiro atoms. The zero-order valence-electron chi connectivity index (χ0n) is 18.7. The van der Waals surface area contributed by atoms with Crippen LogP contribution < -0.4 is 15.5 Å². The lowest BCUT2D eigenvalue weighted by Gasteiger charge is -2.42. The Labute approximate surface area is 198 Å². The first-order chi connectivity index (χ1) is 16.1. The number of pyridine rings is 1. The number of nitrogens with zero attached hydrogens (tertiary/aromatic N) is 3. The fourth-order valence-electron chi connectivity index (χ4n) is 4.22. The molecule has 2 atom stereocenters. The van der Waals surface area contributed by atoms with Crippen LogP contribution in [0.1, 0.15) is 23.4 Å². The van der Waals surface area contributed by atoms with Crippen LogP contribution in [0.15, 0.2) is 72.4 Å². The molecule has 172 valence electrons. The standard InChI is InChI=1S/C25H29N5O2S/c1-19(28-25(32)24(31)27-18-20-7-5-11-26-17-20)23(22-10-6-16-33-22)30-14-12-29(13-15-30)21-8-3-2-4-9-21/h2-11,16-17,19,23H,12-15,18H2,1H3,(H,27,31)(H,28,32)/t19-,23-/m0/s1. The number of para-hydroxylation sites is 1. The number of carbonyl (C=O) groups is 2. The molecule has 0 bridgehead atoms. The second kappa shape index (κ2) is 11.1. The number of rotatable bonds is 7. The molecule has 8 heteroatoms. The third-order valence-corrected chi connectivity index (χ3v) is 6.82. The van der Waals surface area contributed by atoms with Gasteiger partial charge in [-0.05, 0) is 42.1 Å². The van der Waals surface area contributed by atoms with Gasteiger partial charge in [0.25, 0.3) is 0 Å². The minimum absolute atomic E-state index is 0.0120. The normalized spacial score (nSPS) is 16.1. The molecule has 1 aliphatic heterocycles. The van der Waals surface area contributed by atoms with Crippen molar-refractivity contribution in [3.63, 3.8) is 0 Å². The van der Waals surface area contributed by atoms with Gasteiger partial charge in [0, 0.05) is 61.7 Å². The Kier molecular flexibility index (Phi) is 7.70. The minimum Gasteiger partial charge on any atom is -0.369 e. The summed E-state index contributed by atoms with van der Waals surface area (Å²) in [6, 6.07) is 18.0. The van der Waals surface area contributed by atoms with Crippen LogP contribution in [-0.2, 0) is 16.1 Å². The third kappa shape index (κ3) is 5.97. The molecule has 3 aromatic rings. The molecule has 2 N–H and O–H groups in total. The quantitative estimate of drug-likeness (QED) is 0.527. The number of amides is 2. The summed E-state index contributed by atoms with van der Waals surface area (Å²) < 4.78 is 0. The summed E-state index contributed by atoms with van der Waals surface area (Å²) in [7, 11) is 0. The summed E-state index contributed by atoms with van der Waals surface area (Å²) in [6.45, 7) is 5.83. The Morgan fingerprint density at radius 1 is 1.00 bits per heavy atom. The van der Waals surface area contributed by atoms with Crippen LogP contribution in [0.3, 0.4) is 0 Å². The van der Waals surface area contributed by atoms with Crippen LogP contribution in [0.25, 0.3) is 0 Å². The highest BCUT2D eigenvalue weighted by molar-refractivity contribution is 7.10. The van der Waals surface area contributed by atoms with Gasteiger partial charge in [-0.2, -0.15) is 0 Å². The van der Waals surface area contributed by atoms with E-state index in [0.29, 0.717) is 0 Å². The summed E-state index contributed by atoms with van der Waals surface area (Å²) in [5.41, 5.74) is 2.08. The molecule has 7 nitrogen and oxygen atoms in total. The number of aromatic nitrogens is 1. The molecular formula is C25H29N5O2S. The molecule has 1 fully saturated rings. The van der Waals surface area contributed by atoms with Gasteiger partial charge in [0.2, 0.25) is 0 Å². The van der Waals surface area contributed by atoms with Gasteiger partial charge in [0.05, 0.1) is 6.04 Å². The first-order valence-corrected chi connectivity index (χ1v) is 12.0. The number of hydrogen-bond acceptors (Lipinski definition) is 6. The molecule has 33 heavy (non-hydrogen) atoms. The number of thiophene rings is 1.